The van der Waals surface area contributed by atoms with E-state index in [0.29, 0.717) is 11.3 Å². The fourth-order valence-corrected chi connectivity index (χ4v) is 1.56. The summed E-state index contributed by atoms with van der Waals surface area (Å²) in [7, 11) is 0. The summed E-state index contributed by atoms with van der Waals surface area (Å²) in [5.74, 6) is 0. The number of nitrogens with zero attached hydrogens (tertiary/aromatic N) is 2. The summed E-state index contributed by atoms with van der Waals surface area (Å²) in [6.07, 6.45) is 0. The first-order valence-corrected chi connectivity index (χ1v) is 4.82. The summed E-state index contributed by atoms with van der Waals surface area (Å²) in [5.41, 5.74) is 2.91. The van der Waals surface area contributed by atoms with Crippen molar-refractivity contribution in [1.29, 1.82) is 5.26 Å². The Morgan fingerprint density at radius 3 is 2.44 bits per heavy atom. The largest absolute Gasteiger partial charge is 0.237 e. The third kappa shape index (κ3) is 1.78. The summed E-state index contributed by atoms with van der Waals surface area (Å²) in [5, 5.41) is 8.77. The van der Waals surface area contributed by atoms with Crippen molar-refractivity contribution in [3.8, 4) is 17.2 Å². The molecule has 2 aromatic rings. The van der Waals surface area contributed by atoms with Crippen LogP contribution in [0.5, 0.6) is 0 Å². The molecule has 0 amide bonds. The molecule has 0 atom stereocenters. The highest BCUT2D eigenvalue weighted by atomic mass is 14.6. The molecule has 16 heavy (non-hydrogen) atoms. The SMILES string of the molecule is [C-]#[N+]c1cc(C#N)ccc1-c1ccccc1. The van der Waals surface area contributed by atoms with Crippen LogP contribution in [0, 0.1) is 17.9 Å². The Morgan fingerprint density at radius 1 is 1.06 bits per heavy atom. The van der Waals surface area contributed by atoms with Crippen molar-refractivity contribution in [2.24, 2.45) is 0 Å². The fraction of sp³-hybridized carbons (Fsp3) is 0. The average molecular weight is 204 g/mol. The molecular weight excluding hydrogens is 196 g/mol. The highest BCUT2D eigenvalue weighted by Gasteiger charge is 2.05. The van der Waals surface area contributed by atoms with Gasteiger partial charge in [0.05, 0.1) is 12.6 Å². The number of benzene rings is 2. The van der Waals surface area contributed by atoms with E-state index in [9.17, 15) is 0 Å². The minimum Gasteiger partial charge on any atom is -0.237 e. The first-order chi connectivity index (χ1) is 7.85. The van der Waals surface area contributed by atoms with Gasteiger partial charge in [-0.2, -0.15) is 5.26 Å². The molecule has 0 heterocycles. The van der Waals surface area contributed by atoms with Crippen LogP contribution in [0.4, 0.5) is 5.69 Å². The van der Waals surface area contributed by atoms with Gasteiger partial charge in [-0.1, -0.05) is 36.4 Å². The van der Waals surface area contributed by atoms with E-state index in [1.807, 2.05) is 42.5 Å². The quantitative estimate of drug-likeness (QED) is 0.650. The van der Waals surface area contributed by atoms with Gasteiger partial charge >= 0.3 is 0 Å². The van der Waals surface area contributed by atoms with Crippen molar-refractivity contribution in [2.45, 2.75) is 0 Å². The molecular formula is C14H8N2. The predicted octanol–water partition coefficient (Wildman–Crippen LogP) is 3.78. The first kappa shape index (κ1) is 9.96. The number of rotatable bonds is 1. The highest BCUT2D eigenvalue weighted by Crippen LogP contribution is 2.30. The van der Waals surface area contributed by atoms with Crippen molar-refractivity contribution in [3.05, 3.63) is 65.5 Å². The van der Waals surface area contributed by atoms with E-state index in [4.69, 9.17) is 11.8 Å². The topological polar surface area (TPSA) is 28.1 Å². The van der Waals surface area contributed by atoms with Gasteiger partial charge in [-0.15, -0.1) is 0 Å². The molecule has 0 aliphatic carbocycles. The van der Waals surface area contributed by atoms with Crippen LogP contribution in [0.1, 0.15) is 5.56 Å². The van der Waals surface area contributed by atoms with Crippen LogP contribution < -0.4 is 0 Å². The zero-order valence-corrected chi connectivity index (χ0v) is 8.51. The Balaban J connectivity index is 2.60. The van der Waals surface area contributed by atoms with Crippen molar-refractivity contribution in [2.75, 3.05) is 0 Å². The molecule has 0 N–H and O–H groups in total. The maximum atomic E-state index is 8.77. The molecule has 2 aromatic carbocycles. The molecule has 0 saturated carbocycles. The first-order valence-electron chi connectivity index (χ1n) is 4.82. The van der Waals surface area contributed by atoms with Gasteiger partial charge < -0.3 is 0 Å². The molecule has 0 aliphatic heterocycles. The van der Waals surface area contributed by atoms with Crippen LogP contribution in [0.2, 0.25) is 0 Å². The molecule has 2 heteroatoms. The van der Waals surface area contributed by atoms with Crippen LogP contribution in [0.25, 0.3) is 16.0 Å². The highest BCUT2D eigenvalue weighted by molar-refractivity contribution is 5.79. The molecule has 0 fully saturated rings. The van der Waals surface area contributed by atoms with Crippen LogP contribution in [-0.4, -0.2) is 0 Å². The number of hydrogen-bond donors (Lipinski definition) is 0. The van der Waals surface area contributed by atoms with Crippen LogP contribution >= 0.6 is 0 Å². The van der Waals surface area contributed by atoms with Crippen LogP contribution in [-0.2, 0) is 0 Å². The van der Waals surface area contributed by atoms with E-state index in [2.05, 4.69) is 4.85 Å². The van der Waals surface area contributed by atoms with Crippen molar-refractivity contribution < 1.29 is 0 Å². The van der Waals surface area contributed by atoms with Gasteiger partial charge in [0.15, 0.2) is 5.69 Å². The molecule has 2 rings (SSSR count). The second-order valence-electron chi connectivity index (χ2n) is 3.32. The zero-order chi connectivity index (χ0) is 11.4. The minimum atomic E-state index is 0.519. The monoisotopic (exact) mass is 204 g/mol. The molecule has 0 unspecified atom stereocenters. The second kappa shape index (κ2) is 4.29. The summed E-state index contributed by atoms with van der Waals surface area (Å²) in [6.45, 7) is 7.12. The van der Waals surface area contributed by atoms with Crippen LogP contribution in [0.15, 0.2) is 48.5 Å². The molecule has 0 aromatic heterocycles. The van der Waals surface area contributed by atoms with E-state index in [0.717, 1.165) is 11.1 Å². The lowest BCUT2D eigenvalue weighted by atomic mass is 10.0. The number of nitriles is 1. The average Bonchev–Trinajstić information content (AvgIpc) is 2.39. The predicted molar refractivity (Wildman–Crippen MR) is 62.9 cm³/mol. The molecule has 0 saturated heterocycles. The Labute approximate surface area is 94.2 Å². The Hall–Kier alpha value is -2.58. The van der Waals surface area contributed by atoms with Gasteiger partial charge in [0, 0.05) is 5.56 Å². The van der Waals surface area contributed by atoms with E-state index in [1.165, 1.54) is 0 Å². The Kier molecular flexibility index (Phi) is 2.67. The molecule has 0 radical (unpaired) electrons. The molecule has 0 bridgehead atoms. The standard InChI is InChI=1S/C14H8N2/c1-16-14-9-11(10-15)7-8-13(14)12-5-3-2-4-6-12/h2-9H. The van der Waals surface area contributed by atoms with E-state index in [-0.39, 0.29) is 0 Å². The Morgan fingerprint density at radius 2 is 1.81 bits per heavy atom. The van der Waals surface area contributed by atoms with E-state index >= 15 is 0 Å². The lowest BCUT2D eigenvalue weighted by Gasteiger charge is -2.04. The Bertz CT molecular complexity index is 586. The van der Waals surface area contributed by atoms with Gasteiger partial charge in [-0.3, -0.25) is 0 Å². The lowest BCUT2D eigenvalue weighted by molar-refractivity contribution is 1.49. The maximum Gasteiger partial charge on any atom is 0.196 e. The van der Waals surface area contributed by atoms with Crippen molar-refractivity contribution in [3.63, 3.8) is 0 Å². The summed E-state index contributed by atoms with van der Waals surface area (Å²) in [6, 6.07) is 16.9. The lowest BCUT2D eigenvalue weighted by Crippen LogP contribution is -1.79. The summed E-state index contributed by atoms with van der Waals surface area (Å²) in [4.78, 5) is 3.45. The summed E-state index contributed by atoms with van der Waals surface area (Å²) < 4.78 is 0. The third-order valence-electron chi connectivity index (χ3n) is 2.33. The normalized spacial score (nSPS) is 9.12. The van der Waals surface area contributed by atoms with Gasteiger partial charge in [0.1, 0.15) is 0 Å². The van der Waals surface area contributed by atoms with Gasteiger partial charge in [-0.05, 0) is 23.3 Å². The summed E-state index contributed by atoms with van der Waals surface area (Å²) >= 11 is 0. The molecule has 74 valence electrons. The van der Waals surface area contributed by atoms with E-state index in [1.54, 1.807) is 12.1 Å². The van der Waals surface area contributed by atoms with Gasteiger partial charge in [-0.25, -0.2) is 4.85 Å². The minimum absolute atomic E-state index is 0.519. The second-order valence-corrected chi connectivity index (χ2v) is 3.32. The third-order valence-corrected chi connectivity index (χ3v) is 2.33. The van der Waals surface area contributed by atoms with Crippen LogP contribution in [0.3, 0.4) is 0 Å². The fourth-order valence-electron chi connectivity index (χ4n) is 1.56. The van der Waals surface area contributed by atoms with E-state index < -0.39 is 0 Å². The maximum absolute atomic E-state index is 8.77. The molecule has 2 nitrogen and oxygen atoms in total. The smallest absolute Gasteiger partial charge is 0.196 e. The van der Waals surface area contributed by atoms with Gasteiger partial charge in [0.25, 0.3) is 0 Å². The van der Waals surface area contributed by atoms with Gasteiger partial charge in [0.2, 0.25) is 0 Å². The zero-order valence-electron chi connectivity index (χ0n) is 8.51. The molecule has 0 spiro atoms. The number of hydrogen-bond acceptors (Lipinski definition) is 1. The molecule has 0 aliphatic rings. The van der Waals surface area contributed by atoms with Crippen molar-refractivity contribution in [1.82, 2.24) is 0 Å². The van der Waals surface area contributed by atoms with Crippen molar-refractivity contribution >= 4 is 5.69 Å².